The number of hydrogen-bond donors (Lipinski definition) is 2. The van der Waals surface area contributed by atoms with Crippen molar-refractivity contribution in [1.82, 2.24) is 5.32 Å². The van der Waals surface area contributed by atoms with E-state index in [9.17, 15) is 9.59 Å². The molecular weight excluding hydrogens is 458 g/mol. The lowest BCUT2D eigenvalue weighted by Crippen LogP contribution is -2.26. The average Bonchev–Trinajstić information content (AvgIpc) is 2.87. The molecular formula is C29H33NO6. The average molecular weight is 492 g/mol. The third-order valence-corrected chi connectivity index (χ3v) is 5.32. The van der Waals surface area contributed by atoms with Crippen molar-refractivity contribution < 1.29 is 28.9 Å². The first-order chi connectivity index (χ1) is 17.4. The Bertz CT molecular complexity index is 1130. The van der Waals surface area contributed by atoms with Gasteiger partial charge < -0.3 is 24.6 Å². The number of aryl methyl sites for hydroxylation is 1. The van der Waals surface area contributed by atoms with E-state index in [-0.39, 0.29) is 19.1 Å². The maximum Gasteiger partial charge on any atom is 0.407 e. The lowest BCUT2D eigenvalue weighted by Gasteiger charge is -2.14. The minimum absolute atomic E-state index is 0.00640. The Kier molecular flexibility index (Phi) is 10.2. The van der Waals surface area contributed by atoms with Gasteiger partial charge in [0, 0.05) is 19.4 Å². The standard InChI is InChI=1S/C29H33NO6/c1-21(2)36-29(33)30-20-25-19-27(14-12-23(25)13-15-28(31)32)35-17-7-16-34-26-11-6-10-24(18-26)22-8-4-3-5-9-22/h3-6,8-12,14,18-19,21H,7,13,15-17,20H2,1-2H3,(H,30,33)(H,31,32). The van der Waals surface area contributed by atoms with E-state index in [1.54, 1.807) is 13.8 Å². The van der Waals surface area contributed by atoms with Gasteiger partial charge in [-0.2, -0.15) is 0 Å². The molecule has 3 rings (SSSR count). The number of carbonyl (C=O) groups is 2. The van der Waals surface area contributed by atoms with E-state index >= 15 is 0 Å². The molecule has 7 heteroatoms. The van der Waals surface area contributed by atoms with Crippen molar-refractivity contribution in [3.8, 4) is 22.6 Å². The molecule has 2 N–H and O–H groups in total. The molecule has 1 amide bonds. The number of hydrogen-bond acceptors (Lipinski definition) is 5. The molecule has 3 aromatic rings. The van der Waals surface area contributed by atoms with Crippen LogP contribution in [0.3, 0.4) is 0 Å². The molecule has 0 aliphatic rings. The summed E-state index contributed by atoms with van der Waals surface area (Å²) in [6.45, 7) is 4.73. The fourth-order valence-electron chi connectivity index (χ4n) is 3.60. The Labute approximate surface area is 212 Å². The first-order valence-electron chi connectivity index (χ1n) is 12.1. The highest BCUT2D eigenvalue weighted by atomic mass is 16.6. The van der Waals surface area contributed by atoms with Gasteiger partial charge in [-0.05, 0) is 66.8 Å². The zero-order valence-electron chi connectivity index (χ0n) is 20.7. The van der Waals surface area contributed by atoms with Crippen molar-refractivity contribution in [3.63, 3.8) is 0 Å². The third kappa shape index (κ3) is 8.98. The van der Waals surface area contributed by atoms with Gasteiger partial charge in [-0.1, -0.05) is 48.5 Å². The Morgan fingerprint density at radius 1 is 0.833 bits per heavy atom. The summed E-state index contributed by atoms with van der Waals surface area (Å²) >= 11 is 0. The number of ether oxygens (including phenoxy) is 3. The second kappa shape index (κ2) is 13.8. The number of alkyl carbamates (subject to hydrolysis) is 1. The molecule has 0 aromatic heterocycles. The van der Waals surface area contributed by atoms with Gasteiger partial charge in [0.1, 0.15) is 11.5 Å². The maximum absolute atomic E-state index is 11.9. The van der Waals surface area contributed by atoms with Gasteiger partial charge in [-0.15, -0.1) is 0 Å². The van der Waals surface area contributed by atoms with Crippen molar-refractivity contribution in [1.29, 1.82) is 0 Å². The second-order valence-electron chi connectivity index (χ2n) is 8.58. The van der Waals surface area contributed by atoms with Crippen LogP contribution in [0.4, 0.5) is 4.79 Å². The van der Waals surface area contributed by atoms with Crippen LogP contribution in [0, 0.1) is 0 Å². The monoisotopic (exact) mass is 491 g/mol. The van der Waals surface area contributed by atoms with Gasteiger partial charge in [0.05, 0.1) is 19.3 Å². The normalized spacial score (nSPS) is 10.6. The summed E-state index contributed by atoms with van der Waals surface area (Å²) in [6, 6.07) is 23.6. The highest BCUT2D eigenvalue weighted by Crippen LogP contribution is 2.24. The van der Waals surface area contributed by atoms with Crippen molar-refractivity contribution in [2.45, 2.75) is 45.8 Å². The number of rotatable bonds is 13. The van der Waals surface area contributed by atoms with Crippen LogP contribution in [0.5, 0.6) is 11.5 Å². The van der Waals surface area contributed by atoms with E-state index in [0.29, 0.717) is 31.8 Å². The Balaban J connectivity index is 1.51. The molecule has 0 heterocycles. The molecule has 0 fully saturated rings. The predicted molar refractivity (Wildman–Crippen MR) is 138 cm³/mol. The van der Waals surface area contributed by atoms with Crippen LogP contribution in [-0.2, 0) is 22.5 Å². The lowest BCUT2D eigenvalue weighted by atomic mass is 10.0. The highest BCUT2D eigenvalue weighted by Gasteiger charge is 2.10. The minimum atomic E-state index is -0.872. The maximum atomic E-state index is 11.9. The lowest BCUT2D eigenvalue weighted by molar-refractivity contribution is -0.136. The molecule has 0 spiro atoms. The predicted octanol–water partition coefficient (Wildman–Crippen LogP) is 5.85. The van der Waals surface area contributed by atoms with Crippen molar-refractivity contribution in [3.05, 3.63) is 83.9 Å². The molecule has 0 aliphatic carbocycles. The van der Waals surface area contributed by atoms with Crippen molar-refractivity contribution in [2.24, 2.45) is 0 Å². The van der Waals surface area contributed by atoms with E-state index in [0.717, 1.165) is 28.0 Å². The van der Waals surface area contributed by atoms with Gasteiger partial charge in [0.2, 0.25) is 0 Å². The summed E-state index contributed by atoms with van der Waals surface area (Å²) in [5.74, 6) is 0.581. The summed E-state index contributed by atoms with van der Waals surface area (Å²) in [5.41, 5.74) is 3.88. The second-order valence-corrected chi connectivity index (χ2v) is 8.58. The number of carboxylic acid groups (broad SMARTS) is 1. The SMILES string of the molecule is CC(C)OC(=O)NCc1cc(OCCCOc2cccc(-c3ccccc3)c2)ccc1CCC(=O)O. The quantitative estimate of drug-likeness (QED) is 0.291. The number of aliphatic carboxylic acids is 1. The fourth-order valence-corrected chi connectivity index (χ4v) is 3.60. The van der Waals surface area contributed by atoms with Crippen LogP contribution in [0.2, 0.25) is 0 Å². The van der Waals surface area contributed by atoms with Crippen molar-refractivity contribution >= 4 is 12.1 Å². The van der Waals surface area contributed by atoms with Crippen LogP contribution in [0.25, 0.3) is 11.1 Å². The first-order valence-corrected chi connectivity index (χ1v) is 12.1. The van der Waals surface area contributed by atoms with E-state index in [1.165, 1.54) is 0 Å². The molecule has 0 unspecified atom stereocenters. The summed E-state index contributed by atoms with van der Waals surface area (Å²) in [6.07, 6.45) is 0.307. The first kappa shape index (κ1) is 26.6. The number of carbonyl (C=O) groups excluding carboxylic acids is 1. The summed E-state index contributed by atoms with van der Waals surface area (Å²) in [7, 11) is 0. The molecule has 0 saturated heterocycles. The minimum Gasteiger partial charge on any atom is -0.493 e. The molecule has 0 saturated carbocycles. The number of carboxylic acids is 1. The van der Waals surface area contributed by atoms with E-state index in [2.05, 4.69) is 23.5 Å². The molecule has 0 bridgehead atoms. The highest BCUT2D eigenvalue weighted by molar-refractivity contribution is 5.68. The van der Waals surface area contributed by atoms with Crippen LogP contribution in [0.1, 0.15) is 37.8 Å². The van der Waals surface area contributed by atoms with Crippen LogP contribution >= 0.6 is 0 Å². The zero-order valence-corrected chi connectivity index (χ0v) is 20.7. The Morgan fingerprint density at radius 2 is 1.53 bits per heavy atom. The molecule has 0 aliphatic heterocycles. The largest absolute Gasteiger partial charge is 0.493 e. The van der Waals surface area contributed by atoms with Crippen molar-refractivity contribution in [2.75, 3.05) is 13.2 Å². The number of nitrogens with one attached hydrogen (secondary N) is 1. The Hall–Kier alpha value is -4.00. The van der Waals surface area contributed by atoms with E-state index in [1.807, 2.05) is 54.6 Å². The zero-order chi connectivity index (χ0) is 25.8. The van der Waals surface area contributed by atoms with Gasteiger partial charge in [-0.25, -0.2) is 4.79 Å². The molecule has 0 radical (unpaired) electrons. The van der Waals surface area contributed by atoms with E-state index < -0.39 is 12.1 Å². The smallest absolute Gasteiger partial charge is 0.407 e. The van der Waals surface area contributed by atoms with Crippen LogP contribution in [-0.4, -0.2) is 36.5 Å². The summed E-state index contributed by atoms with van der Waals surface area (Å²) in [5, 5.41) is 11.7. The van der Waals surface area contributed by atoms with Gasteiger partial charge >= 0.3 is 12.1 Å². The van der Waals surface area contributed by atoms with Gasteiger partial charge in [0.25, 0.3) is 0 Å². The molecule has 36 heavy (non-hydrogen) atoms. The number of benzene rings is 3. The molecule has 0 atom stereocenters. The van der Waals surface area contributed by atoms with Gasteiger partial charge in [0.15, 0.2) is 0 Å². The third-order valence-electron chi connectivity index (χ3n) is 5.32. The summed E-state index contributed by atoms with van der Waals surface area (Å²) in [4.78, 5) is 22.9. The molecule has 190 valence electrons. The Morgan fingerprint density at radius 3 is 2.22 bits per heavy atom. The van der Waals surface area contributed by atoms with Crippen LogP contribution < -0.4 is 14.8 Å². The molecule has 3 aromatic carbocycles. The number of amides is 1. The van der Waals surface area contributed by atoms with Crippen LogP contribution in [0.15, 0.2) is 72.8 Å². The summed E-state index contributed by atoms with van der Waals surface area (Å²) < 4.78 is 16.9. The van der Waals surface area contributed by atoms with E-state index in [4.69, 9.17) is 19.3 Å². The molecule has 7 nitrogen and oxygen atoms in total. The fraction of sp³-hybridized carbons (Fsp3) is 0.310. The topological polar surface area (TPSA) is 94.1 Å². The van der Waals surface area contributed by atoms with Gasteiger partial charge in [-0.3, -0.25) is 4.79 Å².